The second kappa shape index (κ2) is 20.1. The third kappa shape index (κ3) is 16.1. The fourth-order valence-electron chi connectivity index (χ4n) is 3.76. The minimum atomic E-state index is -0.766. The summed E-state index contributed by atoms with van der Waals surface area (Å²) in [5.74, 6) is -0.356. The van der Waals surface area contributed by atoms with E-state index in [1.165, 1.54) is 88.8 Å². The molecule has 1 heterocycles. The van der Waals surface area contributed by atoms with Gasteiger partial charge >= 0.3 is 5.97 Å². The van der Waals surface area contributed by atoms with Gasteiger partial charge in [-0.15, -0.1) is 11.8 Å². The van der Waals surface area contributed by atoms with E-state index < -0.39 is 11.2 Å². The van der Waals surface area contributed by atoms with Gasteiger partial charge in [0.25, 0.3) is 0 Å². The Morgan fingerprint density at radius 2 is 1.50 bits per heavy atom. The highest BCUT2D eigenvalue weighted by atomic mass is 32.2. The molecule has 5 nitrogen and oxygen atoms in total. The van der Waals surface area contributed by atoms with Crippen molar-refractivity contribution in [1.29, 1.82) is 0 Å². The van der Waals surface area contributed by atoms with Crippen molar-refractivity contribution in [2.24, 2.45) is 0 Å². The van der Waals surface area contributed by atoms with Gasteiger partial charge in [-0.25, -0.2) is 0 Å². The van der Waals surface area contributed by atoms with Crippen LogP contribution in [0.25, 0.3) is 0 Å². The fourth-order valence-corrected chi connectivity index (χ4v) is 4.82. The number of nitrogens with one attached hydrogen (secondary N) is 1. The molecule has 6 heteroatoms. The topological polar surface area (TPSA) is 79.3 Å². The number of carboxylic acid groups (broad SMARTS) is 1. The third-order valence-electron chi connectivity index (χ3n) is 5.69. The maximum absolute atomic E-state index is 12.0. The molecule has 0 bridgehead atoms. The van der Waals surface area contributed by atoms with Crippen LogP contribution in [0, 0.1) is 0 Å². The number of anilines is 1. The Balaban J connectivity index is 1.97. The van der Waals surface area contributed by atoms with Crippen LogP contribution in [0.4, 0.5) is 5.69 Å². The summed E-state index contributed by atoms with van der Waals surface area (Å²) in [6.45, 7) is 2.26. The molecule has 1 unspecified atom stereocenters. The molecular formula is C26H44N2O3S. The Labute approximate surface area is 199 Å². The average molecular weight is 465 g/mol. The van der Waals surface area contributed by atoms with Crippen LogP contribution in [-0.4, -0.2) is 33.0 Å². The molecule has 1 aromatic heterocycles. The molecule has 0 aliphatic heterocycles. The van der Waals surface area contributed by atoms with E-state index in [9.17, 15) is 14.7 Å². The number of pyridine rings is 1. The van der Waals surface area contributed by atoms with E-state index in [0.717, 1.165) is 12.8 Å². The first-order valence-corrected chi connectivity index (χ1v) is 13.7. The number of aromatic nitrogens is 1. The molecule has 0 aliphatic rings. The Kier molecular flexibility index (Phi) is 17.9. The van der Waals surface area contributed by atoms with E-state index in [2.05, 4.69) is 17.2 Å². The van der Waals surface area contributed by atoms with Crippen molar-refractivity contribution < 1.29 is 14.7 Å². The minimum absolute atomic E-state index is 0.105. The number of carboxylic acids is 1. The largest absolute Gasteiger partial charge is 0.480 e. The number of nitrogens with zero attached hydrogens (tertiary/aromatic N) is 1. The summed E-state index contributed by atoms with van der Waals surface area (Å²) in [4.78, 5) is 27.4. The lowest BCUT2D eigenvalue weighted by Crippen LogP contribution is -2.18. The lowest BCUT2D eigenvalue weighted by atomic mass is 10.0. The van der Waals surface area contributed by atoms with Gasteiger partial charge in [0.2, 0.25) is 5.91 Å². The standard InChI is InChI=1S/C26H44N2O3S/c1-2-3-4-5-6-7-8-9-10-11-12-13-14-15-18-24(26(30)31)32-21-19-25(29)28-23-17-16-20-27-22-23/h16-17,20,22,24H,2-15,18-19,21H2,1H3,(H,28,29)(H,30,31). The van der Waals surface area contributed by atoms with Crippen LogP contribution in [0.1, 0.15) is 110 Å². The minimum Gasteiger partial charge on any atom is -0.480 e. The van der Waals surface area contributed by atoms with E-state index >= 15 is 0 Å². The number of carbonyl (C=O) groups excluding carboxylic acids is 1. The van der Waals surface area contributed by atoms with Crippen molar-refractivity contribution in [3.63, 3.8) is 0 Å². The van der Waals surface area contributed by atoms with Crippen molar-refractivity contribution in [3.05, 3.63) is 24.5 Å². The molecule has 1 rings (SSSR count). The maximum atomic E-state index is 12.0. The number of unbranched alkanes of at least 4 members (excludes halogenated alkanes) is 13. The van der Waals surface area contributed by atoms with Gasteiger partial charge < -0.3 is 10.4 Å². The second-order valence-electron chi connectivity index (χ2n) is 8.62. The highest BCUT2D eigenvalue weighted by molar-refractivity contribution is 8.00. The number of hydrogen-bond donors (Lipinski definition) is 2. The summed E-state index contributed by atoms with van der Waals surface area (Å²) in [5, 5.41) is 11.8. The predicted octanol–water partition coefficient (Wildman–Crippen LogP) is 7.47. The zero-order valence-corrected chi connectivity index (χ0v) is 20.8. The van der Waals surface area contributed by atoms with Crippen molar-refractivity contribution in [2.45, 2.75) is 115 Å². The summed E-state index contributed by atoms with van der Waals surface area (Å²) in [7, 11) is 0. The molecule has 1 aromatic rings. The quantitative estimate of drug-likeness (QED) is 0.184. The van der Waals surface area contributed by atoms with E-state index in [1.54, 1.807) is 24.5 Å². The second-order valence-corrected chi connectivity index (χ2v) is 9.93. The molecule has 32 heavy (non-hydrogen) atoms. The summed E-state index contributed by atoms with van der Waals surface area (Å²) in [6.07, 6.45) is 22.4. The Morgan fingerprint density at radius 3 is 2.00 bits per heavy atom. The van der Waals surface area contributed by atoms with Gasteiger partial charge in [-0.3, -0.25) is 14.6 Å². The van der Waals surface area contributed by atoms with Gasteiger partial charge in [0, 0.05) is 18.4 Å². The fraction of sp³-hybridized carbons (Fsp3) is 0.731. The summed E-state index contributed by atoms with van der Waals surface area (Å²) < 4.78 is 0. The third-order valence-corrected chi connectivity index (χ3v) is 6.97. The molecule has 0 radical (unpaired) electrons. The summed E-state index contributed by atoms with van der Waals surface area (Å²) in [6, 6.07) is 3.55. The molecular weight excluding hydrogens is 420 g/mol. The van der Waals surface area contributed by atoms with Crippen molar-refractivity contribution in [1.82, 2.24) is 4.98 Å². The van der Waals surface area contributed by atoms with Gasteiger partial charge in [-0.05, 0) is 18.6 Å². The SMILES string of the molecule is CCCCCCCCCCCCCCCCC(SCCC(=O)Nc1cccnc1)C(=O)O. The summed E-state index contributed by atoms with van der Waals surface area (Å²) in [5.41, 5.74) is 0.666. The van der Waals surface area contributed by atoms with Crippen LogP contribution in [0.5, 0.6) is 0 Å². The number of hydrogen-bond acceptors (Lipinski definition) is 4. The normalized spacial score (nSPS) is 11.9. The molecule has 0 saturated carbocycles. The molecule has 0 aromatic carbocycles. The van der Waals surface area contributed by atoms with Crippen LogP contribution in [0.2, 0.25) is 0 Å². The Morgan fingerprint density at radius 1 is 0.938 bits per heavy atom. The predicted molar refractivity (Wildman–Crippen MR) is 136 cm³/mol. The van der Waals surface area contributed by atoms with E-state index in [-0.39, 0.29) is 5.91 Å². The Hall–Kier alpha value is -1.56. The molecule has 1 amide bonds. The molecule has 1 atom stereocenters. The number of amides is 1. The van der Waals surface area contributed by atoms with Gasteiger partial charge in [0.05, 0.1) is 11.9 Å². The van der Waals surface area contributed by atoms with Crippen LogP contribution in [0.3, 0.4) is 0 Å². The number of thioether (sulfide) groups is 1. The molecule has 0 saturated heterocycles. The van der Waals surface area contributed by atoms with Crippen LogP contribution >= 0.6 is 11.8 Å². The van der Waals surface area contributed by atoms with Gasteiger partial charge in [-0.2, -0.15) is 0 Å². The average Bonchev–Trinajstić information content (AvgIpc) is 2.78. The zero-order chi connectivity index (χ0) is 23.3. The van der Waals surface area contributed by atoms with Crippen molar-refractivity contribution in [3.8, 4) is 0 Å². The van der Waals surface area contributed by atoms with E-state index in [0.29, 0.717) is 24.3 Å². The van der Waals surface area contributed by atoms with E-state index in [1.807, 2.05) is 0 Å². The number of rotatable bonds is 21. The van der Waals surface area contributed by atoms with E-state index in [4.69, 9.17) is 0 Å². The lowest BCUT2D eigenvalue weighted by Gasteiger charge is -2.12. The van der Waals surface area contributed by atoms with Crippen molar-refractivity contribution in [2.75, 3.05) is 11.1 Å². The summed E-state index contributed by atoms with van der Waals surface area (Å²) >= 11 is 1.38. The smallest absolute Gasteiger partial charge is 0.316 e. The molecule has 0 spiro atoms. The monoisotopic (exact) mass is 464 g/mol. The maximum Gasteiger partial charge on any atom is 0.316 e. The van der Waals surface area contributed by atoms with Crippen molar-refractivity contribution >= 4 is 29.3 Å². The van der Waals surface area contributed by atoms with Crippen LogP contribution in [-0.2, 0) is 9.59 Å². The molecule has 2 N–H and O–H groups in total. The van der Waals surface area contributed by atoms with Gasteiger partial charge in [-0.1, -0.05) is 96.8 Å². The van der Waals surface area contributed by atoms with Crippen LogP contribution < -0.4 is 5.32 Å². The first-order valence-electron chi connectivity index (χ1n) is 12.7. The molecule has 182 valence electrons. The number of aliphatic carboxylic acids is 1. The highest BCUT2D eigenvalue weighted by Crippen LogP contribution is 2.20. The van der Waals surface area contributed by atoms with Gasteiger partial charge in [0.1, 0.15) is 5.25 Å². The lowest BCUT2D eigenvalue weighted by molar-refractivity contribution is -0.136. The molecule has 0 aliphatic carbocycles. The van der Waals surface area contributed by atoms with Gasteiger partial charge in [0.15, 0.2) is 0 Å². The zero-order valence-electron chi connectivity index (χ0n) is 20.0. The Bertz CT molecular complexity index is 598. The van der Waals surface area contributed by atoms with Crippen LogP contribution in [0.15, 0.2) is 24.5 Å². The highest BCUT2D eigenvalue weighted by Gasteiger charge is 2.17. The molecule has 0 fully saturated rings. The number of carbonyl (C=O) groups is 2. The first kappa shape index (κ1) is 28.5. The first-order chi connectivity index (χ1) is 15.6.